The van der Waals surface area contributed by atoms with Gasteiger partial charge >= 0.3 is 0 Å². The van der Waals surface area contributed by atoms with E-state index in [1.54, 1.807) is 19.2 Å². The summed E-state index contributed by atoms with van der Waals surface area (Å²) in [4.78, 5) is 32.7. The summed E-state index contributed by atoms with van der Waals surface area (Å²) >= 11 is 0. The van der Waals surface area contributed by atoms with Crippen molar-refractivity contribution in [1.29, 1.82) is 0 Å². The smallest absolute Gasteiger partial charge is 0.240 e. The van der Waals surface area contributed by atoms with Crippen LogP contribution in [0.25, 0.3) is 15.6 Å². The number of benzene rings is 3. The van der Waals surface area contributed by atoms with Gasteiger partial charge in [-0.05, 0) is 48.7 Å². The number of anilines is 1. The maximum atomic E-state index is 14.0. The van der Waals surface area contributed by atoms with Crippen molar-refractivity contribution in [3.63, 3.8) is 0 Å². The van der Waals surface area contributed by atoms with Gasteiger partial charge in [0, 0.05) is 12.5 Å². The van der Waals surface area contributed by atoms with Crippen molar-refractivity contribution in [2.45, 2.75) is 37.4 Å². The predicted octanol–water partition coefficient (Wildman–Crippen LogP) is 5.30. The standard InChI is InChI=1S/C29H26N2O5/c1-28-13-14-29(36-28,15-16-35-19-8-6-7-18(17-19)34-3)25-24(28)26(32)31(27(25)33)23-12-11-22(30-2)20-9-4-5-10-21(20)23/h4-12,17,24-25H,13-16H2,1,3H3/t24-,25+,28?,29?/m1/s1. The number of carbonyl (C=O) groups excluding carboxylic acids is 2. The topological polar surface area (TPSA) is 69.4 Å². The highest BCUT2D eigenvalue weighted by atomic mass is 16.5. The van der Waals surface area contributed by atoms with Gasteiger partial charge in [0.1, 0.15) is 11.5 Å². The third-order valence-electron chi connectivity index (χ3n) is 8.09. The SMILES string of the molecule is [C-]#[N+]c1ccc(N2C(=O)[C@@H]3[C@H](C2=O)C2(C)CCC3(CCOc3cccc(OC)c3)O2)c2ccccc12. The second-order valence-corrected chi connectivity index (χ2v) is 9.99. The number of nitrogens with zero attached hydrogens (tertiary/aromatic N) is 2. The molecule has 0 saturated carbocycles. The lowest BCUT2D eigenvalue weighted by Gasteiger charge is -2.31. The predicted molar refractivity (Wildman–Crippen MR) is 134 cm³/mol. The zero-order valence-electron chi connectivity index (χ0n) is 20.2. The van der Waals surface area contributed by atoms with Crippen LogP contribution in [0.3, 0.4) is 0 Å². The van der Waals surface area contributed by atoms with Crippen LogP contribution in [0.2, 0.25) is 0 Å². The van der Waals surface area contributed by atoms with E-state index in [1.807, 2.05) is 55.5 Å². The van der Waals surface area contributed by atoms with Crippen LogP contribution in [-0.4, -0.2) is 36.7 Å². The summed E-state index contributed by atoms with van der Waals surface area (Å²) in [6.45, 7) is 9.81. The van der Waals surface area contributed by atoms with Crippen LogP contribution in [0.1, 0.15) is 26.2 Å². The molecule has 6 rings (SSSR count). The van der Waals surface area contributed by atoms with E-state index in [2.05, 4.69) is 4.85 Å². The lowest BCUT2D eigenvalue weighted by atomic mass is 9.67. The highest BCUT2D eigenvalue weighted by Gasteiger charge is 2.73. The van der Waals surface area contributed by atoms with E-state index in [0.29, 0.717) is 42.3 Å². The van der Waals surface area contributed by atoms with E-state index in [1.165, 1.54) is 4.90 Å². The minimum Gasteiger partial charge on any atom is -0.497 e. The summed E-state index contributed by atoms with van der Waals surface area (Å²) in [6, 6.07) is 18.2. The second-order valence-electron chi connectivity index (χ2n) is 9.99. The molecule has 3 aromatic carbocycles. The molecule has 2 amide bonds. The molecular formula is C29H26N2O5. The average molecular weight is 483 g/mol. The number of amides is 2. The molecule has 0 N–H and O–H groups in total. The molecule has 7 heteroatoms. The Kier molecular flexibility index (Phi) is 5.06. The minimum atomic E-state index is -0.744. The van der Waals surface area contributed by atoms with E-state index in [9.17, 15) is 9.59 Å². The first-order valence-corrected chi connectivity index (χ1v) is 12.1. The molecule has 3 fully saturated rings. The summed E-state index contributed by atoms with van der Waals surface area (Å²) in [5, 5.41) is 1.45. The van der Waals surface area contributed by atoms with Crippen LogP contribution in [-0.2, 0) is 14.3 Å². The largest absolute Gasteiger partial charge is 0.497 e. The maximum absolute atomic E-state index is 14.0. The molecule has 3 aliphatic rings. The Morgan fingerprint density at radius 1 is 1.00 bits per heavy atom. The van der Waals surface area contributed by atoms with Crippen molar-refractivity contribution in [3.8, 4) is 11.5 Å². The first kappa shape index (κ1) is 22.6. The first-order valence-electron chi connectivity index (χ1n) is 12.1. The Hall–Kier alpha value is -3.89. The molecule has 0 aromatic heterocycles. The van der Waals surface area contributed by atoms with Gasteiger partial charge in [0.15, 0.2) is 5.69 Å². The van der Waals surface area contributed by atoms with Gasteiger partial charge in [0.25, 0.3) is 0 Å². The monoisotopic (exact) mass is 482 g/mol. The van der Waals surface area contributed by atoms with Gasteiger partial charge in [-0.2, -0.15) is 0 Å². The van der Waals surface area contributed by atoms with Gasteiger partial charge in [-0.1, -0.05) is 36.4 Å². The van der Waals surface area contributed by atoms with Crippen LogP contribution in [0.5, 0.6) is 11.5 Å². The summed E-state index contributed by atoms with van der Waals surface area (Å²) in [5.41, 5.74) is -0.399. The van der Waals surface area contributed by atoms with Crippen molar-refractivity contribution in [3.05, 3.63) is 72.1 Å². The Labute approximate surface area is 209 Å². The molecule has 0 radical (unpaired) electrons. The number of rotatable bonds is 6. The van der Waals surface area contributed by atoms with Gasteiger partial charge in [-0.25, -0.2) is 9.74 Å². The van der Waals surface area contributed by atoms with Gasteiger partial charge in [0.05, 0.1) is 49.0 Å². The summed E-state index contributed by atoms with van der Waals surface area (Å²) < 4.78 is 17.8. The Morgan fingerprint density at radius 3 is 2.53 bits per heavy atom. The van der Waals surface area contributed by atoms with Crippen molar-refractivity contribution in [2.24, 2.45) is 11.8 Å². The number of imide groups is 1. The fourth-order valence-corrected chi connectivity index (χ4v) is 6.44. The molecule has 0 aliphatic carbocycles. The second kappa shape index (κ2) is 8.07. The third-order valence-corrected chi connectivity index (χ3v) is 8.09. The van der Waals surface area contributed by atoms with E-state index in [-0.39, 0.29) is 11.8 Å². The Morgan fingerprint density at radius 2 is 1.75 bits per heavy atom. The molecule has 7 nitrogen and oxygen atoms in total. The summed E-state index contributed by atoms with van der Waals surface area (Å²) in [6.07, 6.45) is 1.93. The van der Waals surface area contributed by atoms with Crippen LogP contribution in [0, 0.1) is 18.4 Å². The molecule has 4 atom stereocenters. The van der Waals surface area contributed by atoms with E-state index < -0.39 is 23.0 Å². The van der Waals surface area contributed by atoms with Crippen LogP contribution < -0.4 is 14.4 Å². The van der Waals surface area contributed by atoms with E-state index in [0.717, 1.165) is 17.2 Å². The zero-order valence-corrected chi connectivity index (χ0v) is 20.2. The highest BCUT2D eigenvalue weighted by Crippen LogP contribution is 2.62. The van der Waals surface area contributed by atoms with Gasteiger partial charge in [-0.3, -0.25) is 9.59 Å². The third kappa shape index (κ3) is 3.14. The fraction of sp³-hybridized carbons (Fsp3) is 0.345. The van der Waals surface area contributed by atoms with Crippen molar-refractivity contribution in [1.82, 2.24) is 0 Å². The lowest BCUT2D eigenvalue weighted by molar-refractivity contribution is -0.131. The normalized spacial score (nSPS) is 28.4. The number of hydrogen-bond donors (Lipinski definition) is 0. The molecule has 2 bridgehead atoms. The van der Waals surface area contributed by atoms with E-state index >= 15 is 0 Å². The highest BCUT2D eigenvalue weighted by molar-refractivity contribution is 6.26. The molecule has 3 aromatic rings. The fourth-order valence-electron chi connectivity index (χ4n) is 6.44. The quantitative estimate of drug-likeness (QED) is 0.353. The molecule has 3 saturated heterocycles. The summed E-state index contributed by atoms with van der Waals surface area (Å²) in [7, 11) is 1.61. The van der Waals surface area contributed by atoms with E-state index in [4.69, 9.17) is 20.8 Å². The van der Waals surface area contributed by atoms with Gasteiger partial charge in [-0.15, -0.1) is 0 Å². The van der Waals surface area contributed by atoms with Gasteiger partial charge in [0.2, 0.25) is 11.8 Å². The molecule has 2 unspecified atom stereocenters. The van der Waals surface area contributed by atoms with Crippen LogP contribution >= 0.6 is 0 Å². The number of carbonyl (C=O) groups is 2. The van der Waals surface area contributed by atoms with Crippen molar-refractivity contribution < 1.29 is 23.8 Å². The molecule has 0 spiro atoms. The maximum Gasteiger partial charge on any atom is 0.240 e. The summed E-state index contributed by atoms with van der Waals surface area (Å²) in [5.74, 6) is -0.145. The molecular weight excluding hydrogens is 456 g/mol. The van der Waals surface area contributed by atoms with Crippen LogP contribution in [0.15, 0.2) is 60.7 Å². The van der Waals surface area contributed by atoms with Crippen molar-refractivity contribution >= 4 is 34.0 Å². The number of hydrogen-bond acceptors (Lipinski definition) is 5. The average Bonchev–Trinajstić information content (AvgIpc) is 3.48. The van der Waals surface area contributed by atoms with Gasteiger partial charge < -0.3 is 14.2 Å². The Bertz CT molecular complexity index is 1450. The van der Waals surface area contributed by atoms with Crippen LogP contribution in [0.4, 0.5) is 11.4 Å². The first-order chi connectivity index (χ1) is 17.4. The molecule has 3 heterocycles. The lowest BCUT2D eigenvalue weighted by Crippen LogP contribution is -2.43. The minimum absolute atomic E-state index is 0.219. The molecule has 3 aliphatic heterocycles. The van der Waals surface area contributed by atoms with Crippen molar-refractivity contribution in [2.75, 3.05) is 18.6 Å². The number of ether oxygens (including phenoxy) is 3. The molecule has 36 heavy (non-hydrogen) atoms. The zero-order chi connectivity index (χ0) is 25.1. The number of fused-ring (bicyclic) bond motifs is 6. The Balaban J connectivity index is 1.32. The number of methoxy groups -OCH3 is 1. The molecule has 182 valence electrons.